The number of hydrogen-bond acceptors (Lipinski definition) is 3. The van der Waals surface area contributed by atoms with Gasteiger partial charge in [0, 0.05) is 23.7 Å². The first-order chi connectivity index (χ1) is 15.4. The van der Waals surface area contributed by atoms with Gasteiger partial charge in [0.05, 0.1) is 6.54 Å². The van der Waals surface area contributed by atoms with Gasteiger partial charge in [0.1, 0.15) is 0 Å². The molecule has 0 atom stereocenters. The number of nitrogens with one attached hydrogen (secondary N) is 3. The van der Waals surface area contributed by atoms with Crippen molar-refractivity contribution < 1.29 is 14.4 Å². The van der Waals surface area contributed by atoms with Gasteiger partial charge in [0.2, 0.25) is 11.8 Å². The Kier molecular flexibility index (Phi) is 7.75. The molecule has 3 N–H and O–H groups in total. The molecule has 0 aromatic heterocycles. The first-order valence-electron chi connectivity index (χ1n) is 10.5. The van der Waals surface area contributed by atoms with Gasteiger partial charge >= 0.3 is 0 Å². The molecule has 0 saturated carbocycles. The molecule has 0 unspecified atom stereocenters. The normalized spacial score (nSPS) is 10.5. The van der Waals surface area contributed by atoms with E-state index in [1.807, 2.05) is 68.4 Å². The van der Waals surface area contributed by atoms with E-state index in [0.717, 1.165) is 16.7 Å². The second kappa shape index (κ2) is 10.9. The minimum Gasteiger partial charge on any atom is -0.350 e. The molecule has 0 saturated heterocycles. The summed E-state index contributed by atoms with van der Waals surface area (Å²) in [5.74, 6) is -0.719. The third-order valence-corrected chi connectivity index (χ3v) is 4.90. The number of rotatable bonds is 8. The van der Waals surface area contributed by atoms with E-state index in [-0.39, 0.29) is 30.2 Å². The number of hydrogen-bond donors (Lipinski definition) is 3. The molecule has 3 aromatic carbocycles. The van der Waals surface area contributed by atoms with Crippen LogP contribution in [-0.2, 0) is 16.1 Å². The number of anilines is 1. The van der Waals surface area contributed by atoms with Crippen molar-refractivity contribution in [1.29, 1.82) is 0 Å². The van der Waals surface area contributed by atoms with Crippen LogP contribution in [0.3, 0.4) is 0 Å². The standard InChI is InChI=1S/C26H27N3O3/c1-18(2)25(31)29-23-14-8-19(9-15-23)16-27-24(30)17-28-26(32)22-12-10-21(11-13-22)20-6-4-3-5-7-20/h3-15,18H,16-17H2,1-2H3,(H,27,30)(H,28,32)(H,29,31). The summed E-state index contributed by atoms with van der Waals surface area (Å²) in [6.45, 7) is 3.89. The Morgan fingerprint density at radius 1 is 0.750 bits per heavy atom. The maximum absolute atomic E-state index is 12.3. The van der Waals surface area contributed by atoms with Crippen LogP contribution in [0.1, 0.15) is 29.8 Å². The Morgan fingerprint density at radius 2 is 1.38 bits per heavy atom. The number of carbonyl (C=O) groups is 3. The van der Waals surface area contributed by atoms with E-state index in [0.29, 0.717) is 17.8 Å². The van der Waals surface area contributed by atoms with E-state index < -0.39 is 0 Å². The maximum Gasteiger partial charge on any atom is 0.251 e. The second-order valence-electron chi connectivity index (χ2n) is 7.74. The predicted octanol–water partition coefficient (Wildman–Crippen LogP) is 3.99. The van der Waals surface area contributed by atoms with Crippen molar-refractivity contribution in [3.8, 4) is 11.1 Å². The number of amides is 3. The van der Waals surface area contributed by atoms with E-state index in [1.165, 1.54) is 0 Å². The minimum absolute atomic E-state index is 0.0449. The quantitative estimate of drug-likeness (QED) is 0.506. The molecule has 0 spiro atoms. The highest BCUT2D eigenvalue weighted by molar-refractivity contribution is 5.96. The summed E-state index contributed by atoms with van der Waals surface area (Å²) in [4.78, 5) is 36.1. The number of carbonyl (C=O) groups excluding carboxylic acids is 3. The van der Waals surface area contributed by atoms with Crippen LogP contribution in [0.2, 0.25) is 0 Å². The molecule has 0 aliphatic carbocycles. The highest BCUT2D eigenvalue weighted by Crippen LogP contribution is 2.19. The third kappa shape index (κ3) is 6.54. The lowest BCUT2D eigenvalue weighted by Gasteiger charge is -2.10. The van der Waals surface area contributed by atoms with Crippen LogP contribution >= 0.6 is 0 Å². The van der Waals surface area contributed by atoms with Crippen molar-refractivity contribution in [2.24, 2.45) is 5.92 Å². The van der Waals surface area contributed by atoms with E-state index in [1.54, 1.807) is 24.3 Å². The molecule has 0 radical (unpaired) electrons. The van der Waals surface area contributed by atoms with Gasteiger partial charge in [-0.2, -0.15) is 0 Å². The van der Waals surface area contributed by atoms with Crippen molar-refractivity contribution in [3.63, 3.8) is 0 Å². The highest BCUT2D eigenvalue weighted by Gasteiger charge is 2.09. The summed E-state index contributed by atoms with van der Waals surface area (Å²) >= 11 is 0. The van der Waals surface area contributed by atoms with Crippen LogP contribution in [0, 0.1) is 5.92 Å². The topological polar surface area (TPSA) is 87.3 Å². The molecular formula is C26H27N3O3. The molecule has 164 valence electrons. The fourth-order valence-electron chi connectivity index (χ4n) is 2.96. The van der Waals surface area contributed by atoms with Crippen molar-refractivity contribution in [2.75, 3.05) is 11.9 Å². The summed E-state index contributed by atoms with van der Waals surface area (Å²) in [6, 6.07) is 24.4. The molecular weight excluding hydrogens is 402 g/mol. The van der Waals surface area contributed by atoms with Gasteiger partial charge in [-0.3, -0.25) is 14.4 Å². The largest absolute Gasteiger partial charge is 0.350 e. The smallest absolute Gasteiger partial charge is 0.251 e. The Hall–Kier alpha value is -3.93. The van der Waals surface area contributed by atoms with Crippen LogP contribution in [0.5, 0.6) is 0 Å². The summed E-state index contributed by atoms with van der Waals surface area (Å²) in [5.41, 5.74) is 4.20. The lowest BCUT2D eigenvalue weighted by atomic mass is 10.0. The fourth-order valence-corrected chi connectivity index (χ4v) is 2.96. The van der Waals surface area contributed by atoms with Crippen LogP contribution in [0.15, 0.2) is 78.9 Å². The van der Waals surface area contributed by atoms with Gasteiger partial charge in [0.25, 0.3) is 5.91 Å². The Balaban J connectivity index is 1.43. The Bertz CT molecular complexity index is 1060. The van der Waals surface area contributed by atoms with Gasteiger partial charge in [-0.15, -0.1) is 0 Å². The maximum atomic E-state index is 12.3. The first-order valence-corrected chi connectivity index (χ1v) is 10.5. The summed E-state index contributed by atoms with van der Waals surface area (Å²) in [6.07, 6.45) is 0. The zero-order valence-corrected chi connectivity index (χ0v) is 18.2. The van der Waals surface area contributed by atoms with E-state index in [9.17, 15) is 14.4 Å². The lowest BCUT2D eigenvalue weighted by molar-refractivity contribution is -0.120. The first kappa shape index (κ1) is 22.7. The molecule has 0 aliphatic rings. The van der Waals surface area contributed by atoms with Gasteiger partial charge in [-0.1, -0.05) is 68.4 Å². The van der Waals surface area contributed by atoms with Crippen molar-refractivity contribution in [1.82, 2.24) is 10.6 Å². The van der Waals surface area contributed by atoms with E-state index in [4.69, 9.17) is 0 Å². The van der Waals surface area contributed by atoms with Crippen molar-refractivity contribution >= 4 is 23.4 Å². The molecule has 0 heterocycles. The molecule has 3 aromatic rings. The average Bonchev–Trinajstić information content (AvgIpc) is 2.82. The predicted molar refractivity (Wildman–Crippen MR) is 126 cm³/mol. The van der Waals surface area contributed by atoms with Crippen LogP contribution in [0.4, 0.5) is 5.69 Å². The SMILES string of the molecule is CC(C)C(=O)Nc1ccc(CNC(=O)CNC(=O)c2ccc(-c3ccccc3)cc2)cc1. The second-order valence-corrected chi connectivity index (χ2v) is 7.74. The lowest BCUT2D eigenvalue weighted by Crippen LogP contribution is -2.36. The Morgan fingerprint density at radius 3 is 2.00 bits per heavy atom. The third-order valence-electron chi connectivity index (χ3n) is 4.90. The monoisotopic (exact) mass is 429 g/mol. The average molecular weight is 430 g/mol. The molecule has 0 aliphatic heterocycles. The van der Waals surface area contributed by atoms with Gasteiger partial charge in [0.15, 0.2) is 0 Å². The highest BCUT2D eigenvalue weighted by atomic mass is 16.2. The molecule has 6 nitrogen and oxygen atoms in total. The summed E-state index contributed by atoms with van der Waals surface area (Å²) in [5, 5.41) is 8.23. The van der Waals surface area contributed by atoms with Gasteiger partial charge in [-0.25, -0.2) is 0 Å². The van der Waals surface area contributed by atoms with Crippen molar-refractivity contribution in [2.45, 2.75) is 20.4 Å². The fraction of sp³-hybridized carbons (Fsp3) is 0.192. The van der Waals surface area contributed by atoms with E-state index in [2.05, 4.69) is 16.0 Å². The Labute approximate surface area is 188 Å². The summed E-state index contributed by atoms with van der Waals surface area (Å²) < 4.78 is 0. The zero-order chi connectivity index (χ0) is 22.9. The number of benzene rings is 3. The zero-order valence-electron chi connectivity index (χ0n) is 18.2. The van der Waals surface area contributed by atoms with E-state index >= 15 is 0 Å². The molecule has 6 heteroatoms. The minimum atomic E-state index is -0.301. The van der Waals surface area contributed by atoms with Crippen LogP contribution in [-0.4, -0.2) is 24.3 Å². The molecule has 0 bridgehead atoms. The van der Waals surface area contributed by atoms with Gasteiger partial charge < -0.3 is 16.0 Å². The molecule has 3 amide bonds. The molecule has 32 heavy (non-hydrogen) atoms. The van der Waals surface area contributed by atoms with Crippen molar-refractivity contribution in [3.05, 3.63) is 90.0 Å². The van der Waals surface area contributed by atoms with Gasteiger partial charge in [-0.05, 0) is 41.0 Å². The van der Waals surface area contributed by atoms with Crippen LogP contribution in [0.25, 0.3) is 11.1 Å². The summed E-state index contributed by atoms with van der Waals surface area (Å²) in [7, 11) is 0. The molecule has 0 fully saturated rings. The van der Waals surface area contributed by atoms with Crippen LogP contribution < -0.4 is 16.0 Å². The molecule has 3 rings (SSSR count).